The molecule has 23 heavy (non-hydrogen) atoms. The van der Waals surface area contributed by atoms with Gasteiger partial charge in [0.25, 0.3) is 5.91 Å². The summed E-state index contributed by atoms with van der Waals surface area (Å²) in [4.78, 5) is 24.8. The lowest BCUT2D eigenvalue weighted by Crippen LogP contribution is -2.34. The smallest absolute Gasteiger partial charge is 0.270 e. The molecule has 8 nitrogen and oxygen atoms in total. The average Bonchev–Trinajstić information content (AvgIpc) is 2.99. The van der Waals surface area contributed by atoms with Gasteiger partial charge in [-0.15, -0.1) is 0 Å². The van der Waals surface area contributed by atoms with Crippen LogP contribution in [0.1, 0.15) is 27.6 Å². The molecule has 8 heteroatoms. The molecular weight excluding hydrogens is 296 g/mol. The Labute approximate surface area is 134 Å². The number of carbonyl (C=O) groups is 1. The van der Waals surface area contributed by atoms with E-state index >= 15 is 0 Å². The van der Waals surface area contributed by atoms with Crippen molar-refractivity contribution in [2.75, 3.05) is 25.6 Å². The predicted octanol–water partition coefficient (Wildman–Crippen LogP) is 0.526. The molecule has 0 aliphatic carbocycles. The molecule has 0 aromatic carbocycles. The molecule has 0 saturated heterocycles. The SMILES string of the molecule is COCCn1cncc1CNc1nc(C)nc2c1CCNC2=O. The summed E-state index contributed by atoms with van der Waals surface area (Å²) >= 11 is 0. The summed E-state index contributed by atoms with van der Waals surface area (Å²) < 4.78 is 7.13. The summed E-state index contributed by atoms with van der Waals surface area (Å²) in [5.74, 6) is 1.17. The number of amides is 1. The Balaban J connectivity index is 1.79. The van der Waals surface area contributed by atoms with Crippen LogP contribution < -0.4 is 10.6 Å². The van der Waals surface area contributed by atoms with Gasteiger partial charge >= 0.3 is 0 Å². The first kappa shape index (κ1) is 15.4. The number of nitrogens with zero attached hydrogens (tertiary/aromatic N) is 4. The Morgan fingerprint density at radius 3 is 3.13 bits per heavy atom. The van der Waals surface area contributed by atoms with Crippen molar-refractivity contribution in [1.82, 2.24) is 24.8 Å². The summed E-state index contributed by atoms with van der Waals surface area (Å²) in [6, 6.07) is 0. The van der Waals surface area contributed by atoms with E-state index in [0.29, 0.717) is 31.2 Å². The second-order valence-corrected chi connectivity index (χ2v) is 5.38. The zero-order valence-electron chi connectivity index (χ0n) is 13.3. The predicted molar refractivity (Wildman–Crippen MR) is 84.2 cm³/mol. The minimum absolute atomic E-state index is 0.134. The van der Waals surface area contributed by atoms with Crippen LogP contribution in [-0.2, 0) is 24.2 Å². The molecule has 2 aromatic rings. The largest absolute Gasteiger partial charge is 0.383 e. The van der Waals surface area contributed by atoms with Crippen LogP contribution in [0, 0.1) is 6.92 Å². The highest BCUT2D eigenvalue weighted by Gasteiger charge is 2.22. The second kappa shape index (κ2) is 6.74. The molecule has 1 amide bonds. The topological polar surface area (TPSA) is 94.0 Å². The number of imidazole rings is 1. The van der Waals surface area contributed by atoms with E-state index in [1.807, 2.05) is 10.8 Å². The molecule has 0 fully saturated rings. The molecule has 0 unspecified atom stereocenters. The molecule has 122 valence electrons. The molecule has 1 aliphatic heterocycles. The third-order valence-electron chi connectivity index (χ3n) is 3.77. The highest BCUT2D eigenvalue weighted by Crippen LogP contribution is 2.20. The Hall–Kier alpha value is -2.48. The van der Waals surface area contributed by atoms with E-state index in [0.717, 1.165) is 30.0 Å². The van der Waals surface area contributed by atoms with Crippen molar-refractivity contribution in [1.29, 1.82) is 0 Å². The maximum absolute atomic E-state index is 11.9. The van der Waals surface area contributed by atoms with E-state index < -0.39 is 0 Å². The third-order valence-corrected chi connectivity index (χ3v) is 3.77. The van der Waals surface area contributed by atoms with Gasteiger partial charge in [-0.05, 0) is 13.3 Å². The van der Waals surface area contributed by atoms with Crippen LogP contribution in [0.15, 0.2) is 12.5 Å². The van der Waals surface area contributed by atoms with Crippen molar-refractivity contribution in [3.63, 3.8) is 0 Å². The standard InChI is InChI=1S/C15H20N6O2/c1-10-19-13-12(3-4-17-15(13)22)14(20-10)18-8-11-7-16-9-21(11)5-6-23-2/h7,9H,3-6,8H2,1-2H3,(H,17,22)(H,18,19,20). The Morgan fingerprint density at radius 1 is 1.43 bits per heavy atom. The van der Waals surface area contributed by atoms with Crippen LogP contribution in [0.5, 0.6) is 0 Å². The van der Waals surface area contributed by atoms with E-state index in [1.165, 1.54) is 0 Å². The number of ether oxygens (including phenoxy) is 1. The molecule has 2 aromatic heterocycles. The number of methoxy groups -OCH3 is 1. The minimum Gasteiger partial charge on any atom is -0.383 e. The molecule has 3 rings (SSSR count). The molecule has 2 N–H and O–H groups in total. The maximum Gasteiger partial charge on any atom is 0.270 e. The van der Waals surface area contributed by atoms with Gasteiger partial charge in [0.15, 0.2) is 0 Å². The quantitative estimate of drug-likeness (QED) is 0.807. The molecule has 3 heterocycles. The number of anilines is 1. The first-order chi connectivity index (χ1) is 11.2. The fraction of sp³-hybridized carbons (Fsp3) is 0.467. The highest BCUT2D eigenvalue weighted by molar-refractivity contribution is 5.95. The van der Waals surface area contributed by atoms with Gasteiger partial charge in [0.2, 0.25) is 0 Å². The Bertz CT molecular complexity index is 712. The molecule has 0 saturated carbocycles. The monoisotopic (exact) mass is 316 g/mol. The maximum atomic E-state index is 11.9. The summed E-state index contributed by atoms with van der Waals surface area (Å²) in [6.07, 6.45) is 4.33. The Morgan fingerprint density at radius 2 is 2.30 bits per heavy atom. The lowest BCUT2D eigenvalue weighted by atomic mass is 10.1. The number of aryl methyl sites for hydroxylation is 1. The molecule has 0 spiro atoms. The number of rotatable bonds is 6. The van der Waals surface area contributed by atoms with Gasteiger partial charge in [-0.3, -0.25) is 4.79 Å². The number of nitrogens with one attached hydrogen (secondary N) is 2. The van der Waals surface area contributed by atoms with Crippen molar-refractivity contribution in [3.05, 3.63) is 35.3 Å². The highest BCUT2D eigenvalue weighted by atomic mass is 16.5. The summed E-state index contributed by atoms with van der Waals surface area (Å²) in [5, 5.41) is 6.13. The van der Waals surface area contributed by atoms with Crippen molar-refractivity contribution >= 4 is 11.7 Å². The number of aromatic nitrogens is 4. The zero-order valence-corrected chi connectivity index (χ0v) is 13.3. The summed E-state index contributed by atoms with van der Waals surface area (Å²) in [5.41, 5.74) is 2.38. The van der Waals surface area contributed by atoms with Gasteiger partial charge in [0.1, 0.15) is 17.3 Å². The summed E-state index contributed by atoms with van der Waals surface area (Å²) in [6.45, 7) is 4.35. The third kappa shape index (κ3) is 3.31. The van der Waals surface area contributed by atoms with Gasteiger partial charge in [0.05, 0.1) is 25.2 Å². The van der Waals surface area contributed by atoms with Gasteiger partial charge in [0, 0.05) is 32.0 Å². The van der Waals surface area contributed by atoms with Crippen molar-refractivity contribution in [2.24, 2.45) is 0 Å². The van der Waals surface area contributed by atoms with Crippen LogP contribution in [0.2, 0.25) is 0 Å². The first-order valence-corrected chi connectivity index (χ1v) is 7.56. The van der Waals surface area contributed by atoms with E-state index in [1.54, 1.807) is 20.4 Å². The normalized spacial score (nSPS) is 13.6. The number of fused-ring (bicyclic) bond motifs is 1. The van der Waals surface area contributed by atoms with Gasteiger partial charge in [-0.2, -0.15) is 0 Å². The fourth-order valence-corrected chi connectivity index (χ4v) is 2.61. The number of hydrogen-bond donors (Lipinski definition) is 2. The van der Waals surface area contributed by atoms with Crippen molar-refractivity contribution < 1.29 is 9.53 Å². The minimum atomic E-state index is -0.134. The van der Waals surface area contributed by atoms with Crippen LogP contribution in [-0.4, -0.2) is 45.7 Å². The molecular formula is C15H20N6O2. The van der Waals surface area contributed by atoms with Gasteiger partial charge in [-0.1, -0.05) is 0 Å². The van der Waals surface area contributed by atoms with Gasteiger partial charge < -0.3 is 19.9 Å². The lowest BCUT2D eigenvalue weighted by Gasteiger charge is -2.19. The molecule has 1 aliphatic rings. The lowest BCUT2D eigenvalue weighted by molar-refractivity contribution is 0.0940. The molecule has 0 atom stereocenters. The Kier molecular flexibility index (Phi) is 4.52. The number of carbonyl (C=O) groups excluding carboxylic acids is 1. The second-order valence-electron chi connectivity index (χ2n) is 5.38. The molecule has 0 bridgehead atoms. The van der Waals surface area contributed by atoms with E-state index in [2.05, 4.69) is 25.6 Å². The van der Waals surface area contributed by atoms with Gasteiger partial charge in [-0.25, -0.2) is 15.0 Å². The average molecular weight is 316 g/mol. The van der Waals surface area contributed by atoms with E-state index in [9.17, 15) is 4.79 Å². The van der Waals surface area contributed by atoms with Crippen molar-refractivity contribution in [3.8, 4) is 0 Å². The zero-order chi connectivity index (χ0) is 16.2. The number of hydrogen-bond acceptors (Lipinski definition) is 6. The first-order valence-electron chi connectivity index (χ1n) is 7.56. The molecule has 0 radical (unpaired) electrons. The van der Waals surface area contributed by atoms with Crippen molar-refractivity contribution in [2.45, 2.75) is 26.4 Å². The fourth-order valence-electron chi connectivity index (χ4n) is 2.61. The van der Waals surface area contributed by atoms with E-state index in [-0.39, 0.29) is 5.91 Å². The van der Waals surface area contributed by atoms with Crippen LogP contribution in [0.25, 0.3) is 0 Å². The van der Waals surface area contributed by atoms with Crippen LogP contribution in [0.4, 0.5) is 5.82 Å². The summed E-state index contributed by atoms with van der Waals surface area (Å²) in [7, 11) is 1.68. The van der Waals surface area contributed by atoms with Crippen LogP contribution in [0.3, 0.4) is 0 Å². The van der Waals surface area contributed by atoms with E-state index in [4.69, 9.17) is 4.74 Å². The van der Waals surface area contributed by atoms with Crippen LogP contribution >= 0.6 is 0 Å².